The van der Waals surface area contributed by atoms with Crippen LogP contribution >= 0.6 is 11.3 Å². The molecule has 1 aliphatic heterocycles. The van der Waals surface area contributed by atoms with E-state index in [0.29, 0.717) is 5.65 Å². The van der Waals surface area contributed by atoms with Gasteiger partial charge in [0.1, 0.15) is 0 Å². The average molecular weight is 370 g/mol. The van der Waals surface area contributed by atoms with Crippen molar-refractivity contribution < 1.29 is 4.79 Å². The fourth-order valence-electron chi connectivity index (χ4n) is 3.40. The van der Waals surface area contributed by atoms with Crippen LogP contribution in [0.15, 0.2) is 17.6 Å². The second-order valence-electron chi connectivity index (χ2n) is 6.84. The summed E-state index contributed by atoms with van der Waals surface area (Å²) < 4.78 is 0. The molecule has 1 aliphatic rings. The first-order valence-corrected chi connectivity index (χ1v) is 9.71. The van der Waals surface area contributed by atoms with Crippen LogP contribution in [0.5, 0.6) is 0 Å². The lowest BCUT2D eigenvalue weighted by molar-refractivity contribution is -0.121. The van der Waals surface area contributed by atoms with Gasteiger partial charge < -0.3 is 5.32 Å². The van der Waals surface area contributed by atoms with Crippen molar-refractivity contribution in [1.82, 2.24) is 25.1 Å². The molecule has 0 atom stereocenters. The van der Waals surface area contributed by atoms with Crippen molar-refractivity contribution in [3.63, 3.8) is 0 Å². The fourth-order valence-corrected chi connectivity index (χ4v) is 4.00. The number of amides is 1. The molecule has 3 aromatic rings. The summed E-state index contributed by atoms with van der Waals surface area (Å²) in [7, 11) is 0. The predicted molar refractivity (Wildman–Crippen MR) is 102 cm³/mol. The van der Waals surface area contributed by atoms with Gasteiger partial charge in [-0.25, -0.2) is 9.97 Å². The number of hydrogen-bond donors (Lipinski definition) is 2. The van der Waals surface area contributed by atoms with E-state index in [0.717, 1.165) is 59.9 Å². The van der Waals surface area contributed by atoms with Gasteiger partial charge in [0.25, 0.3) is 0 Å². The van der Waals surface area contributed by atoms with Gasteiger partial charge in [0.15, 0.2) is 5.65 Å². The Kier molecular flexibility index (Phi) is 4.69. The molecular weight excluding hydrogens is 348 g/mol. The van der Waals surface area contributed by atoms with Crippen molar-refractivity contribution in [3.8, 4) is 0 Å². The molecule has 0 radical (unpaired) electrons. The maximum atomic E-state index is 12.6. The van der Waals surface area contributed by atoms with E-state index >= 15 is 0 Å². The Balaban J connectivity index is 1.33. The molecule has 1 amide bonds. The molecule has 136 valence electrons. The molecule has 0 saturated carbocycles. The monoisotopic (exact) mass is 370 g/mol. The zero-order valence-electron chi connectivity index (χ0n) is 15.0. The Labute approximate surface area is 155 Å². The van der Waals surface area contributed by atoms with Crippen LogP contribution in [-0.2, 0) is 11.3 Å². The second-order valence-corrected chi connectivity index (χ2v) is 7.90. The first-order chi connectivity index (χ1) is 12.6. The van der Waals surface area contributed by atoms with Gasteiger partial charge >= 0.3 is 0 Å². The number of aromatic nitrogens is 4. The number of nitrogens with zero attached hydrogens (tertiary/aromatic N) is 4. The molecular formula is C18H22N6OS. The topological polar surface area (TPSA) is 86.8 Å². The zero-order chi connectivity index (χ0) is 18.1. The number of carbonyl (C=O) groups excluding carboxylic acids is 1. The van der Waals surface area contributed by atoms with Gasteiger partial charge in [-0.2, -0.15) is 5.10 Å². The number of hydrogen-bond acceptors (Lipinski definition) is 6. The molecule has 0 bridgehead atoms. The summed E-state index contributed by atoms with van der Waals surface area (Å²) in [4.78, 5) is 23.8. The number of pyridine rings is 1. The van der Waals surface area contributed by atoms with E-state index in [1.54, 1.807) is 17.5 Å². The van der Waals surface area contributed by atoms with Gasteiger partial charge in [0.2, 0.25) is 5.91 Å². The number of H-pyrrole nitrogens is 1. The Morgan fingerprint density at radius 2 is 2.19 bits per heavy atom. The van der Waals surface area contributed by atoms with Crippen molar-refractivity contribution in [2.45, 2.75) is 33.2 Å². The van der Waals surface area contributed by atoms with Crippen LogP contribution in [-0.4, -0.2) is 44.1 Å². The third kappa shape index (κ3) is 3.61. The predicted octanol–water partition coefficient (Wildman–Crippen LogP) is 2.88. The van der Waals surface area contributed by atoms with Crippen LogP contribution < -0.4 is 5.32 Å². The first-order valence-electron chi connectivity index (χ1n) is 8.83. The Morgan fingerprint density at radius 3 is 2.92 bits per heavy atom. The molecule has 4 heterocycles. The number of thiazole rings is 1. The summed E-state index contributed by atoms with van der Waals surface area (Å²) in [5.41, 5.74) is 3.48. The van der Waals surface area contributed by atoms with Crippen LogP contribution in [0.4, 0.5) is 5.69 Å². The van der Waals surface area contributed by atoms with Gasteiger partial charge in [-0.1, -0.05) is 0 Å². The van der Waals surface area contributed by atoms with Gasteiger partial charge in [0.05, 0.1) is 22.6 Å². The molecule has 1 saturated heterocycles. The molecule has 8 heteroatoms. The van der Waals surface area contributed by atoms with Crippen LogP contribution in [0, 0.1) is 19.8 Å². The molecule has 2 N–H and O–H groups in total. The zero-order valence-corrected chi connectivity index (χ0v) is 15.8. The van der Waals surface area contributed by atoms with E-state index in [-0.39, 0.29) is 11.8 Å². The number of piperidine rings is 1. The SMILES string of the molecule is Cc1nc(CN2CCC(C(=O)Nc3cnc4n[nH]c(C)c4c3)CC2)cs1. The maximum absolute atomic E-state index is 12.6. The van der Waals surface area contributed by atoms with E-state index in [1.165, 1.54) is 0 Å². The van der Waals surface area contributed by atoms with E-state index in [4.69, 9.17) is 0 Å². The number of carbonyl (C=O) groups is 1. The Morgan fingerprint density at radius 1 is 1.38 bits per heavy atom. The summed E-state index contributed by atoms with van der Waals surface area (Å²) in [6.45, 7) is 6.70. The molecule has 7 nitrogen and oxygen atoms in total. The molecule has 0 aliphatic carbocycles. The normalized spacial score (nSPS) is 16.2. The third-order valence-corrected chi connectivity index (χ3v) is 5.70. The number of aryl methyl sites for hydroxylation is 2. The van der Waals surface area contributed by atoms with Crippen molar-refractivity contribution >= 4 is 34.0 Å². The van der Waals surface area contributed by atoms with Crippen LogP contribution in [0.25, 0.3) is 11.0 Å². The van der Waals surface area contributed by atoms with E-state index in [9.17, 15) is 4.79 Å². The quantitative estimate of drug-likeness (QED) is 0.737. The molecule has 26 heavy (non-hydrogen) atoms. The fraction of sp³-hybridized carbons (Fsp3) is 0.444. The van der Waals surface area contributed by atoms with E-state index in [1.807, 2.05) is 19.9 Å². The standard InChI is InChI=1S/C18H22N6OS/c1-11-16-7-14(8-19-17(16)23-22-11)21-18(25)13-3-5-24(6-4-13)9-15-10-26-12(2)20-15/h7-8,10,13H,3-6,9H2,1-2H3,(H,21,25)(H,19,22,23). The number of rotatable bonds is 4. The average Bonchev–Trinajstić information content (AvgIpc) is 3.21. The molecule has 0 spiro atoms. The van der Waals surface area contributed by atoms with Crippen LogP contribution in [0.3, 0.4) is 0 Å². The van der Waals surface area contributed by atoms with Crippen LogP contribution in [0.1, 0.15) is 29.2 Å². The van der Waals surface area contributed by atoms with E-state index in [2.05, 4.69) is 35.8 Å². The van der Waals surface area contributed by atoms with Crippen LogP contribution in [0.2, 0.25) is 0 Å². The number of anilines is 1. The summed E-state index contributed by atoms with van der Waals surface area (Å²) in [6.07, 6.45) is 3.41. The van der Waals surface area contributed by atoms with E-state index < -0.39 is 0 Å². The largest absolute Gasteiger partial charge is 0.324 e. The molecule has 0 aromatic carbocycles. The highest BCUT2D eigenvalue weighted by Gasteiger charge is 2.25. The minimum absolute atomic E-state index is 0.0459. The molecule has 1 fully saturated rings. The molecule has 3 aromatic heterocycles. The van der Waals surface area contributed by atoms with Crippen molar-refractivity contribution in [2.75, 3.05) is 18.4 Å². The Hall–Kier alpha value is -2.32. The highest BCUT2D eigenvalue weighted by atomic mass is 32.1. The lowest BCUT2D eigenvalue weighted by atomic mass is 9.95. The summed E-state index contributed by atoms with van der Waals surface area (Å²) >= 11 is 1.69. The number of nitrogens with one attached hydrogen (secondary N) is 2. The minimum atomic E-state index is 0.0459. The second kappa shape index (κ2) is 7.13. The maximum Gasteiger partial charge on any atom is 0.227 e. The lowest BCUT2D eigenvalue weighted by Gasteiger charge is -2.30. The highest BCUT2D eigenvalue weighted by Crippen LogP contribution is 2.23. The van der Waals surface area contributed by atoms with Gasteiger partial charge in [0, 0.05) is 28.9 Å². The van der Waals surface area contributed by atoms with Crippen molar-refractivity contribution in [3.05, 3.63) is 34.0 Å². The summed E-state index contributed by atoms with van der Waals surface area (Å²) in [5.74, 6) is 0.126. The third-order valence-electron chi connectivity index (χ3n) is 4.88. The van der Waals surface area contributed by atoms with Crippen molar-refractivity contribution in [2.24, 2.45) is 5.92 Å². The smallest absolute Gasteiger partial charge is 0.227 e. The molecule has 4 rings (SSSR count). The van der Waals surface area contributed by atoms with Gasteiger partial charge in [-0.15, -0.1) is 11.3 Å². The lowest BCUT2D eigenvalue weighted by Crippen LogP contribution is -2.37. The minimum Gasteiger partial charge on any atom is -0.324 e. The summed E-state index contributed by atoms with van der Waals surface area (Å²) in [5, 5.41) is 14.2. The first kappa shape index (κ1) is 17.1. The van der Waals surface area contributed by atoms with Crippen molar-refractivity contribution in [1.29, 1.82) is 0 Å². The Bertz CT molecular complexity index is 925. The van der Waals surface area contributed by atoms with Gasteiger partial charge in [-0.3, -0.25) is 14.8 Å². The number of aromatic amines is 1. The highest BCUT2D eigenvalue weighted by molar-refractivity contribution is 7.09. The summed E-state index contributed by atoms with van der Waals surface area (Å²) in [6, 6.07) is 1.93. The van der Waals surface area contributed by atoms with Gasteiger partial charge in [-0.05, 0) is 45.8 Å². The number of likely N-dealkylation sites (tertiary alicyclic amines) is 1. The number of fused-ring (bicyclic) bond motifs is 1. The molecule has 0 unspecified atom stereocenters.